The lowest BCUT2D eigenvalue weighted by Crippen LogP contribution is -2.41. The van der Waals surface area contributed by atoms with Gasteiger partial charge in [0.2, 0.25) is 0 Å². The van der Waals surface area contributed by atoms with E-state index in [0.717, 1.165) is 4.47 Å². The monoisotopic (exact) mass is 341 g/mol. The van der Waals surface area contributed by atoms with Crippen molar-refractivity contribution in [2.75, 3.05) is 19.0 Å². The Kier molecular flexibility index (Phi) is 4.95. The third kappa shape index (κ3) is 3.68. The second-order valence-electron chi connectivity index (χ2n) is 5.15. The predicted octanol–water partition coefficient (Wildman–Crippen LogP) is 1.34. The SMILES string of the molecule is CC(CNC(=O)c1cc(Br)cnc1NN)N(C)C1CC1. The van der Waals surface area contributed by atoms with Crippen molar-refractivity contribution in [3.63, 3.8) is 0 Å². The van der Waals surface area contributed by atoms with E-state index in [1.807, 2.05) is 0 Å². The van der Waals surface area contributed by atoms with Gasteiger partial charge in [-0.25, -0.2) is 10.8 Å². The number of pyridine rings is 1. The first-order chi connectivity index (χ1) is 9.52. The van der Waals surface area contributed by atoms with Gasteiger partial charge in [-0.3, -0.25) is 9.69 Å². The molecule has 6 nitrogen and oxygen atoms in total. The van der Waals surface area contributed by atoms with Gasteiger partial charge in [-0.1, -0.05) is 0 Å². The molecule has 20 heavy (non-hydrogen) atoms. The smallest absolute Gasteiger partial charge is 0.255 e. The minimum atomic E-state index is -0.178. The molecule has 1 fully saturated rings. The normalized spacial score (nSPS) is 16.1. The summed E-state index contributed by atoms with van der Waals surface area (Å²) < 4.78 is 0.741. The summed E-state index contributed by atoms with van der Waals surface area (Å²) in [7, 11) is 2.10. The summed E-state index contributed by atoms with van der Waals surface area (Å²) in [6, 6.07) is 2.68. The minimum absolute atomic E-state index is 0.178. The van der Waals surface area contributed by atoms with Crippen LogP contribution in [0, 0.1) is 0 Å². The number of amides is 1. The number of rotatable bonds is 6. The number of hydrogen-bond donors (Lipinski definition) is 3. The van der Waals surface area contributed by atoms with Gasteiger partial charge in [-0.15, -0.1) is 0 Å². The fourth-order valence-electron chi connectivity index (χ4n) is 2.05. The van der Waals surface area contributed by atoms with E-state index in [-0.39, 0.29) is 5.91 Å². The molecule has 2 rings (SSSR count). The van der Waals surface area contributed by atoms with E-state index in [0.29, 0.717) is 30.0 Å². The number of nitrogen functional groups attached to an aromatic ring is 1. The Hall–Kier alpha value is -1.18. The number of aromatic nitrogens is 1. The molecule has 1 aromatic heterocycles. The summed E-state index contributed by atoms with van der Waals surface area (Å²) in [6.45, 7) is 2.71. The molecule has 1 unspecified atom stereocenters. The molecule has 0 radical (unpaired) electrons. The van der Waals surface area contributed by atoms with Crippen LogP contribution in [0.1, 0.15) is 30.1 Å². The summed E-state index contributed by atoms with van der Waals surface area (Å²) in [5.41, 5.74) is 2.87. The number of anilines is 1. The molecule has 0 saturated heterocycles. The van der Waals surface area contributed by atoms with Crippen LogP contribution in [0.5, 0.6) is 0 Å². The van der Waals surface area contributed by atoms with E-state index >= 15 is 0 Å². The van der Waals surface area contributed by atoms with Crippen molar-refractivity contribution in [3.8, 4) is 0 Å². The Morgan fingerprint density at radius 1 is 1.65 bits per heavy atom. The van der Waals surface area contributed by atoms with Crippen LogP contribution in [-0.2, 0) is 0 Å². The molecule has 0 bridgehead atoms. The van der Waals surface area contributed by atoms with Crippen LogP contribution in [0.25, 0.3) is 0 Å². The molecule has 1 saturated carbocycles. The zero-order chi connectivity index (χ0) is 14.7. The number of halogens is 1. The van der Waals surface area contributed by atoms with Crippen LogP contribution in [0.15, 0.2) is 16.7 Å². The Bertz CT molecular complexity index is 492. The summed E-state index contributed by atoms with van der Waals surface area (Å²) >= 11 is 3.31. The van der Waals surface area contributed by atoms with Gasteiger partial charge in [0.15, 0.2) is 5.82 Å². The van der Waals surface area contributed by atoms with Gasteiger partial charge in [0.05, 0.1) is 5.56 Å². The molecule has 7 heteroatoms. The van der Waals surface area contributed by atoms with Crippen molar-refractivity contribution in [1.82, 2.24) is 15.2 Å². The topological polar surface area (TPSA) is 83.3 Å². The number of hydrazine groups is 1. The summed E-state index contributed by atoms with van der Waals surface area (Å²) in [5, 5.41) is 2.93. The maximum atomic E-state index is 12.2. The molecule has 1 amide bonds. The third-order valence-electron chi connectivity index (χ3n) is 3.61. The van der Waals surface area contributed by atoms with E-state index in [9.17, 15) is 4.79 Å². The van der Waals surface area contributed by atoms with Gasteiger partial charge < -0.3 is 10.7 Å². The fraction of sp³-hybridized carbons (Fsp3) is 0.538. The number of nitrogens with one attached hydrogen (secondary N) is 2. The highest BCUT2D eigenvalue weighted by Crippen LogP contribution is 2.26. The van der Waals surface area contributed by atoms with Gasteiger partial charge in [-0.05, 0) is 48.8 Å². The molecule has 1 aliphatic carbocycles. The number of nitrogens with two attached hydrogens (primary N) is 1. The number of nitrogens with zero attached hydrogens (tertiary/aromatic N) is 2. The van der Waals surface area contributed by atoms with Crippen LogP contribution in [0.3, 0.4) is 0 Å². The van der Waals surface area contributed by atoms with E-state index < -0.39 is 0 Å². The molecular formula is C13H20BrN5O. The molecular weight excluding hydrogens is 322 g/mol. The van der Waals surface area contributed by atoms with Crippen molar-refractivity contribution in [1.29, 1.82) is 0 Å². The lowest BCUT2D eigenvalue weighted by Gasteiger charge is -2.24. The first-order valence-corrected chi connectivity index (χ1v) is 7.44. The van der Waals surface area contributed by atoms with Gasteiger partial charge in [0, 0.05) is 29.3 Å². The number of likely N-dealkylation sites (N-methyl/N-ethyl adjacent to an activating group) is 1. The summed E-state index contributed by atoms with van der Waals surface area (Å²) in [6.07, 6.45) is 4.10. The maximum absolute atomic E-state index is 12.2. The van der Waals surface area contributed by atoms with Gasteiger partial charge in [0.1, 0.15) is 0 Å². The molecule has 110 valence electrons. The van der Waals surface area contributed by atoms with Crippen LogP contribution in [0.2, 0.25) is 0 Å². The van der Waals surface area contributed by atoms with Gasteiger partial charge >= 0.3 is 0 Å². The Morgan fingerprint density at radius 3 is 2.95 bits per heavy atom. The highest BCUT2D eigenvalue weighted by atomic mass is 79.9. The summed E-state index contributed by atoms with van der Waals surface area (Å²) in [4.78, 5) is 18.6. The molecule has 0 aliphatic heterocycles. The quantitative estimate of drug-likeness (QED) is 0.537. The number of carbonyl (C=O) groups excluding carboxylic acids is 1. The Labute approximate surface area is 127 Å². The number of hydrogen-bond acceptors (Lipinski definition) is 5. The van der Waals surface area contributed by atoms with E-state index in [4.69, 9.17) is 5.84 Å². The third-order valence-corrected chi connectivity index (χ3v) is 4.05. The van der Waals surface area contributed by atoms with Crippen LogP contribution in [-0.4, -0.2) is 41.5 Å². The van der Waals surface area contributed by atoms with E-state index in [2.05, 4.69) is 50.5 Å². The van der Waals surface area contributed by atoms with Crippen molar-refractivity contribution < 1.29 is 4.79 Å². The predicted molar refractivity (Wildman–Crippen MR) is 82.3 cm³/mol. The van der Waals surface area contributed by atoms with Crippen LogP contribution >= 0.6 is 15.9 Å². The maximum Gasteiger partial charge on any atom is 0.255 e. The average Bonchev–Trinajstić information content (AvgIpc) is 3.28. The van der Waals surface area contributed by atoms with Crippen molar-refractivity contribution in [3.05, 3.63) is 22.3 Å². The highest BCUT2D eigenvalue weighted by molar-refractivity contribution is 9.10. The van der Waals surface area contributed by atoms with Crippen molar-refractivity contribution in [2.45, 2.75) is 31.8 Å². The minimum Gasteiger partial charge on any atom is -0.350 e. The summed E-state index contributed by atoms with van der Waals surface area (Å²) in [5.74, 6) is 5.57. The lowest BCUT2D eigenvalue weighted by atomic mass is 10.2. The first kappa shape index (κ1) is 15.2. The Morgan fingerprint density at radius 2 is 2.35 bits per heavy atom. The Balaban J connectivity index is 1.95. The molecule has 0 aromatic carbocycles. The molecule has 1 aliphatic rings. The van der Waals surface area contributed by atoms with Gasteiger partial charge in [0.25, 0.3) is 5.91 Å². The first-order valence-electron chi connectivity index (χ1n) is 6.65. The second kappa shape index (κ2) is 6.51. The number of carbonyl (C=O) groups is 1. The largest absolute Gasteiger partial charge is 0.350 e. The zero-order valence-corrected chi connectivity index (χ0v) is 13.3. The zero-order valence-electron chi connectivity index (χ0n) is 11.7. The van der Waals surface area contributed by atoms with Crippen LogP contribution in [0.4, 0.5) is 5.82 Å². The molecule has 1 aromatic rings. The lowest BCUT2D eigenvalue weighted by molar-refractivity contribution is 0.0940. The van der Waals surface area contributed by atoms with Crippen LogP contribution < -0.4 is 16.6 Å². The molecule has 0 spiro atoms. The average molecular weight is 342 g/mol. The fourth-order valence-corrected chi connectivity index (χ4v) is 2.38. The second-order valence-corrected chi connectivity index (χ2v) is 6.07. The standard InChI is InChI=1S/C13H20BrN5O/c1-8(19(2)10-3-4-10)6-17-13(20)11-5-9(14)7-16-12(11)18-15/h5,7-8,10H,3-4,6,15H2,1-2H3,(H,16,18)(H,17,20). The molecule has 4 N–H and O–H groups in total. The highest BCUT2D eigenvalue weighted by Gasteiger charge is 2.29. The molecule has 1 atom stereocenters. The molecule has 1 heterocycles. The van der Waals surface area contributed by atoms with Crippen molar-refractivity contribution >= 4 is 27.7 Å². The van der Waals surface area contributed by atoms with Crippen molar-refractivity contribution in [2.24, 2.45) is 5.84 Å². The van der Waals surface area contributed by atoms with Gasteiger partial charge in [-0.2, -0.15) is 0 Å². The van der Waals surface area contributed by atoms with E-state index in [1.54, 1.807) is 12.3 Å². The van der Waals surface area contributed by atoms with E-state index in [1.165, 1.54) is 12.8 Å².